The zero-order chi connectivity index (χ0) is 31.2. The van der Waals surface area contributed by atoms with Crippen molar-refractivity contribution < 1.29 is 9.53 Å². The molecule has 0 aliphatic carbocycles. The van der Waals surface area contributed by atoms with E-state index in [4.69, 9.17) is 4.74 Å². The molecular formula is C38H47ClN4O3. The first-order valence-electron chi connectivity index (χ1n) is 16.9. The van der Waals surface area contributed by atoms with Crippen molar-refractivity contribution in [3.8, 4) is 11.4 Å². The Kier molecular flexibility index (Phi) is 11.4. The number of hydrogen-bond donors (Lipinski definition) is 1. The van der Waals surface area contributed by atoms with Crippen molar-refractivity contribution in [2.45, 2.75) is 65.2 Å². The van der Waals surface area contributed by atoms with E-state index in [9.17, 15) is 9.59 Å². The molecule has 244 valence electrons. The number of ether oxygens (including phenoxy) is 1. The zero-order valence-electron chi connectivity index (χ0n) is 27.2. The van der Waals surface area contributed by atoms with E-state index in [2.05, 4.69) is 35.0 Å². The highest BCUT2D eigenvalue weighted by atomic mass is 35.5. The molecule has 0 atom stereocenters. The van der Waals surface area contributed by atoms with Gasteiger partial charge in [-0.1, -0.05) is 44.9 Å². The van der Waals surface area contributed by atoms with Gasteiger partial charge in [-0.05, 0) is 111 Å². The van der Waals surface area contributed by atoms with Gasteiger partial charge in [0.05, 0.1) is 11.1 Å². The number of nitrogens with zero attached hydrogens (tertiary/aromatic N) is 3. The fourth-order valence-corrected chi connectivity index (χ4v) is 6.90. The molecule has 1 aromatic heterocycles. The number of amides is 1. The van der Waals surface area contributed by atoms with Crippen LogP contribution in [-0.4, -0.2) is 54.7 Å². The summed E-state index contributed by atoms with van der Waals surface area (Å²) in [6, 6.07) is 19.7. The van der Waals surface area contributed by atoms with Crippen LogP contribution >= 0.6 is 12.4 Å². The zero-order valence-corrected chi connectivity index (χ0v) is 28.0. The van der Waals surface area contributed by atoms with Crippen molar-refractivity contribution in [3.05, 3.63) is 93.9 Å². The molecule has 2 fully saturated rings. The second-order valence-electron chi connectivity index (χ2n) is 12.3. The average Bonchev–Trinajstić information content (AvgIpc) is 3.44. The van der Waals surface area contributed by atoms with Gasteiger partial charge in [-0.3, -0.25) is 19.1 Å². The molecule has 1 amide bonds. The first kappa shape index (κ1) is 33.6. The minimum absolute atomic E-state index is 0. The molecule has 1 N–H and O–H groups in total. The second kappa shape index (κ2) is 15.7. The number of fused-ring (bicyclic) bond motifs is 1. The SMILES string of the molecule is CCc1ccc(NC(=O)c2cccc(N3CCCCCC3)c2)c(CC)c1-n1ccc2ccc(OCCN3CCCC3)cc2c1=O.Cl. The van der Waals surface area contributed by atoms with Crippen molar-refractivity contribution >= 4 is 40.5 Å². The number of hydrogen-bond acceptors (Lipinski definition) is 5. The number of benzene rings is 3. The summed E-state index contributed by atoms with van der Waals surface area (Å²) in [5, 5.41) is 4.70. The van der Waals surface area contributed by atoms with Crippen molar-refractivity contribution in [3.63, 3.8) is 0 Å². The van der Waals surface area contributed by atoms with Crippen LogP contribution in [0.3, 0.4) is 0 Å². The number of aryl methyl sites for hydroxylation is 1. The van der Waals surface area contributed by atoms with Crippen LogP contribution in [0.5, 0.6) is 5.75 Å². The van der Waals surface area contributed by atoms with Crippen LogP contribution in [0.4, 0.5) is 11.4 Å². The summed E-state index contributed by atoms with van der Waals surface area (Å²) in [6.45, 7) is 10.0. The van der Waals surface area contributed by atoms with Crippen molar-refractivity contribution in [1.29, 1.82) is 0 Å². The molecule has 0 saturated carbocycles. The standard InChI is InChI=1S/C38H46N4O3.ClH/c1-3-28-15-17-35(39-37(43)30-12-11-13-31(26-30)41-21-7-5-6-8-22-41)33(4-2)36(28)42-23-18-29-14-16-32(27-34(29)38(42)44)45-25-24-40-19-9-10-20-40;/h11-18,23,26-27H,3-10,19-22,24-25H2,1-2H3,(H,39,43);1H. The third-order valence-electron chi connectivity index (χ3n) is 9.42. The molecule has 7 nitrogen and oxygen atoms in total. The van der Waals surface area contributed by atoms with Gasteiger partial charge in [0, 0.05) is 42.8 Å². The van der Waals surface area contributed by atoms with Crippen LogP contribution < -0.4 is 20.5 Å². The molecule has 6 rings (SSSR count). The summed E-state index contributed by atoms with van der Waals surface area (Å²) in [7, 11) is 0. The number of halogens is 1. The molecule has 2 saturated heterocycles. The molecule has 2 aliphatic heterocycles. The van der Waals surface area contributed by atoms with Gasteiger partial charge < -0.3 is 15.0 Å². The van der Waals surface area contributed by atoms with E-state index in [1.807, 2.05) is 60.8 Å². The highest BCUT2D eigenvalue weighted by molar-refractivity contribution is 6.05. The van der Waals surface area contributed by atoms with Crippen LogP contribution in [0, 0.1) is 0 Å². The van der Waals surface area contributed by atoms with E-state index in [1.54, 1.807) is 4.57 Å². The van der Waals surface area contributed by atoms with Crippen molar-refractivity contribution in [2.75, 3.05) is 49.5 Å². The first-order chi connectivity index (χ1) is 22.1. The largest absolute Gasteiger partial charge is 0.492 e. The highest BCUT2D eigenvalue weighted by Crippen LogP contribution is 2.30. The number of rotatable bonds is 10. The number of aromatic nitrogens is 1. The quantitative estimate of drug-likeness (QED) is 0.193. The normalized spacial score (nSPS) is 15.4. The van der Waals surface area contributed by atoms with Gasteiger partial charge in [-0.25, -0.2) is 0 Å². The van der Waals surface area contributed by atoms with E-state index >= 15 is 0 Å². The summed E-state index contributed by atoms with van der Waals surface area (Å²) in [5.74, 6) is 0.574. The van der Waals surface area contributed by atoms with E-state index in [0.29, 0.717) is 29.7 Å². The Morgan fingerprint density at radius 2 is 1.61 bits per heavy atom. The molecular weight excluding hydrogens is 596 g/mol. The van der Waals surface area contributed by atoms with E-state index < -0.39 is 0 Å². The maximum atomic E-state index is 14.1. The summed E-state index contributed by atoms with van der Waals surface area (Å²) in [4.78, 5) is 32.5. The molecule has 8 heteroatoms. The summed E-state index contributed by atoms with van der Waals surface area (Å²) < 4.78 is 7.84. The molecule has 46 heavy (non-hydrogen) atoms. The lowest BCUT2D eigenvalue weighted by Gasteiger charge is -2.23. The monoisotopic (exact) mass is 642 g/mol. The second-order valence-corrected chi connectivity index (χ2v) is 12.3. The Balaban J connectivity index is 0.00000417. The first-order valence-corrected chi connectivity index (χ1v) is 16.9. The van der Waals surface area contributed by atoms with E-state index in [0.717, 1.165) is 72.7 Å². The smallest absolute Gasteiger partial charge is 0.263 e. The lowest BCUT2D eigenvalue weighted by molar-refractivity contribution is 0.102. The third kappa shape index (κ3) is 7.42. The minimum atomic E-state index is -0.141. The summed E-state index contributed by atoms with van der Waals surface area (Å²) in [5.41, 5.74) is 5.25. The molecule has 4 aromatic rings. The van der Waals surface area contributed by atoms with Gasteiger partial charge in [0.15, 0.2) is 0 Å². The Morgan fingerprint density at radius 3 is 2.35 bits per heavy atom. The van der Waals surface area contributed by atoms with Crippen LogP contribution in [0.25, 0.3) is 16.5 Å². The van der Waals surface area contributed by atoms with Gasteiger partial charge in [0.1, 0.15) is 12.4 Å². The fourth-order valence-electron chi connectivity index (χ4n) is 6.90. The average molecular weight is 643 g/mol. The molecule has 2 aliphatic rings. The number of pyridine rings is 1. The minimum Gasteiger partial charge on any atom is -0.492 e. The lowest BCUT2D eigenvalue weighted by Crippen LogP contribution is -2.25. The Bertz CT molecular complexity index is 1700. The molecule has 0 bridgehead atoms. The molecule has 0 unspecified atom stereocenters. The highest BCUT2D eigenvalue weighted by Gasteiger charge is 2.19. The maximum Gasteiger partial charge on any atom is 0.263 e. The molecule has 0 spiro atoms. The van der Waals surface area contributed by atoms with Crippen LogP contribution in [0.15, 0.2) is 71.7 Å². The van der Waals surface area contributed by atoms with Gasteiger partial charge in [-0.2, -0.15) is 0 Å². The number of nitrogens with one attached hydrogen (secondary N) is 1. The molecule has 0 radical (unpaired) electrons. The van der Waals surface area contributed by atoms with Crippen molar-refractivity contribution in [2.24, 2.45) is 0 Å². The summed E-state index contributed by atoms with van der Waals surface area (Å²) in [6.07, 6.45) is 10.7. The fraction of sp³-hybridized carbons (Fsp3) is 0.421. The predicted octanol–water partition coefficient (Wildman–Crippen LogP) is 7.64. The number of carbonyl (C=O) groups excluding carboxylic acids is 1. The lowest BCUT2D eigenvalue weighted by atomic mass is 9.99. The number of anilines is 2. The summed E-state index contributed by atoms with van der Waals surface area (Å²) >= 11 is 0. The number of carbonyl (C=O) groups is 1. The van der Waals surface area contributed by atoms with E-state index in [-0.39, 0.29) is 23.9 Å². The van der Waals surface area contributed by atoms with Crippen LogP contribution in [0.1, 0.15) is 73.9 Å². The van der Waals surface area contributed by atoms with Gasteiger partial charge in [0.25, 0.3) is 11.5 Å². The van der Waals surface area contributed by atoms with Crippen LogP contribution in [-0.2, 0) is 12.8 Å². The number of likely N-dealkylation sites (tertiary alicyclic amines) is 1. The van der Waals surface area contributed by atoms with Crippen molar-refractivity contribution in [1.82, 2.24) is 9.47 Å². The van der Waals surface area contributed by atoms with Gasteiger partial charge in [0.2, 0.25) is 0 Å². The van der Waals surface area contributed by atoms with Crippen LogP contribution in [0.2, 0.25) is 0 Å². The van der Waals surface area contributed by atoms with E-state index in [1.165, 1.54) is 38.5 Å². The van der Waals surface area contributed by atoms with Gasteiger partial charge in [-0.15, -0.1) is 12.4 Å². The third-order valence-corrected chi connectivity index (χ3v) is 9.42. The van der Waals surface area contributed by atoms with Gasteiger partial charge >= 0.3 is 0 Å². The Morgan fingerprint density at radius 1 is 0.848 bits per heavy atom. The molecule has 3 aromatic carbocycles. The topological polar surface area (TPSA) is 66.8 Å². The maximum absolute atomic E-state index is 14.1. The molecule has 3 heterocycles. The Hall–Kier alpha value is -3.81. The predicted molar refractivity (Wildman–Crippen MR) is 192 cm³/mol. The Labute approximate surface area is 279 Å².